The van der Waals surface area contributed by atoms with E-state index in [0.717, 1.165) is 12.4 Å². The quantitative estimate of drug-likeness (QED) is 0.597. The van der Waals surface area contributed by atoms with E-state index in [9.17, 15) is 18.0 Å². The largest absolute Gasteiger partial charge is 0.300 e. The molecule has 0 radical (unpaired) electrons. The van der Waals surface area contributed by atoms with Crippen molar-refractivity contribution in [2.45, 2.75) is 25.0 Å². The fraction of sp³-hybridized carbons (Fsp3) is 0.400. The predicted molar refractivity (Wildman–Crippen MR) is 68.2 cm³/mol. The van der Waals surface area contributed by atoms with Gasteiger partial charge in [-0.1, -0.05) is 0 Å². The van der Waals surface area contributed by atoms with Crippen LogP contribution >= 0.6 is 11.6 Å². The van der Waals surface area contributed by atoms with Crippen LogP contribution in [0.4, 0.5) is 0 Å². The summed E-state index contributed by atoms with van der Waals surface area (Å²) in [6.45, 7) is 1.30. The first-order valence-corrected chi connectivity index (χ1v) is 7.23. The zero-order chi connectivity index (χ0) is 14.6. The van der Waals surface area contributed by atoms with Crippen molar-refractivity contribution in [3.05, 3.63) is 23.2 Å². The summed E-state index contributed by atoms with van der Waals surface area (Å²) in [6, 6.07) is 0. The Labute approximate surface area is 115 Å². The number of Topliss-reactive ketones (excluding diaryl/α,β-unsaturated/α-hetero) is 2. The number of nitrogens with zero attached hydrogens (tertiary/aromatic N) is 2. The second-order valence-electron chi connectivity index (χ2n) is 3.92. The molecule has 1 aromatic heterocycles. The van der Waals surface area contributed by atoms with Gasteiger partial charge in [0.15, 0.2) is 5.78 Å². The van der Waals surface area contributed by atoms with Crippen molar-refractivity contribution < 1.29 is 18.0 Å². The van der Waals surface area contributed by atoms with Gasteiger partial charge in [-0.05, 0) is 24.9 Å². The Morgan fingerprint density at radius 2 is 1.89 bits per heavy atom. The number of nitrogens with two attached hydrogens (primary N) is 1. The predicted octanol–water partition coefficient (Wildman–Crippen LogP) is 0.339. The van der Waals surface area contributed by atoms with E-state index < -0.39 is 21.1 Å². The lowest BCUT2D eigenvalue weighted by Gasteiger charge is -2.12. The maximum atomic E-state index is 12.0. The molecule has 1 unspecified atom stereocenters. The maximum Gasteiger partial charge on any atom is 0.222 e. The number of hydrogen-bond donors (Lipinski definition) is 1. The van der Waals surface area contributed by atoms with E-state index in [-0.39, 0.29) is 29.5 Å². The van der Waals surface area contributed by atoms with Crippen LogP contribution in [0.25, 0.3) is 0 Å². The zero-order valence-corrected chi connectivity index (χ0v) is 11.6. The smallest absolute Gasteiger partial charge is 0.222 e. The summed E-state index contributed by atoms with van der Waals surface area (Å²) in [5, 5.41) is 3.46. The number of aromatic nitrogens is 2. The van der Waals surface area contributed by atoms with Crippen molar-refractivity contribution >= 4 is 33.2 Å². The van der Waals surface area contributed by atoms with Gasteiger partial charge in [-0.3, -0.25) is 4.79 Å². The van der Waals surface area contributed by atoms with Crippen LogP contribution in [0.15, 0.2) is 12.4 Å². The Kier molecular flexibility index (Phi) is 5.10. The third kappa shape index (κ3) is 4.66. The topological polar surface area (TPSA) is 120 Å². The Morgan fingerprint density at radius 3 is 2.32 bits per heavy atom. The summed E-state index contributed by atoms with van der Waals surface area (Å²) in [4.78, 5) is 30.1. The van der Waals surface area contributed by atoms with Gasteiger partial charge >= 0.3 is 0 Å². The van der Waals surface area contributed by atoms with Gasteiger partial charge in [0.2, 0.25) is 15.3 Å². The molecule has 0 bridgehead atoms. The maximum absolute atomic E-state index is 12.0. The van der Waals surface area contributed by atoms with Crippen LogP contribution in [0.5, 0.6) is 0 Å². The minimum atomic E-state index is -4.11. The average Bonchev–Trinajstić information content (AvgIpc) is 2.27. The van der Waals surface area contributed by atoms with Crippen molar-refractivity contribution in [2.24, 2.45) is 5.14 Å². The molecule has 0 aliphatic carbocycles. The minimum Gasteiger partial charge on any atom is -0.300 e. The third-order valence-corrected chi connectivity index (χ3v) is 3.79. The number of halogens is 1. The molecule has 0 aromatic carbocycles. The number of carbonyl (C=O) groups excluding carboxylic acids is 2. The lowest BCUT2D eigenvalue weighted by Crippen LogP contribution is -2.36. The van der Waals surface area contributed by atoms with Gasteiger partial charge in [0.25, 0.3) is 0 Å². The number of hydrogen-bond acceptors (Lipinski definition) is 6. The van der Waals surface area contributed by atoms with Crippen LogP contribution in [-0.4, -0.2) is 35.2 Å². The number of carbonyl (C=O) groups is 2. The van der Waals surface area contributed by atoms with E-state index in [1.54, 1.807) is 0 Å². The number of primary sulfonamides is 1. The summed E-state index contributed by atoms with van der Waals surface area (Å²) in [6.07, 6.45) is 2.00. The van der Waals surface area contributed by atoms with E-state index in [1.807, 2.05) is 0 Å². The Bertz CT molecular complexity index is 585. The van der Waals surface area contributed by atoms with Crippen LogP contribution in [0, 0.1) is 0 Å². The van der Waals surface area contributed by atoms with E-state index in [4.69, 9.17) is 16.7 Å². The summed E-state index contributed by atoms with van der Waals surface area (Å²) in [5.41, 5.74) is -0.0213. The second-order valence-corrected chi connectivity index (χ2v) is 6.01. The van der Waals surface area contributed by atoms with E-state index in [2.05, 4.69) is 9.97 Å². The average molecular weight is 306 g/mol. The monoisotopic (exact) mass is 305 g/mol. The highest BCUT2D eigenvalue weighted by molar-refractivity contribution is 7.90. The molecule has 1 aromatic rings. The molecule has 1 heterocycles. The lowest BCUT2D eigenvalue weighted by atomic mass is 10.1. The van der Waals surface area contributed by atoms with Crippen molar-refractivity contribution in [2.75, 3.05) is 0 Å². The molecule has 1 atom stereocenters. The molecule has 104 valence electrons. The first kappa shape index (κ1) is 15.7. The van der Waals surface area contributed by atoms with Crippen molar-refractivity contribution in [3.63, 3.8) is 0 Å². The van der Waals surface area contributed by atoms with E-state index in [1.165, 1.54) is 6.92 Å². The number of ketones is 2. The molecule has 0 aliphatic rings. The molecule has 0 fully saturated rings. The van der Waals surface area contributed by atoms with Crippen LogP contribution in [0.2, 0.25) is 5.28 Å². The normalized spacial score (nSPS) is 13.0. The minimum absolute atomic E-state index is 0.0213. The molecule has 19 heavy (non-hydrogen) atoms. The Balaban J connectivity index is 3.01. The van der Waals surface area contributed by atoms with Crippen molar-refractivity contribution in [1.82, 2.24) is 9.97 Å². The second kappa shape index (κ2) is 6.18. The molecule has 0 spiro atoms. The molecular formula is C10H12ClN3O4S. The van der Waals surface area contributed by atoms with Gasteiger partial charge in [-0.2, -0.15) is 0 Å². The summed E-state index contributed by atoms with van der Waals surface area (Å²) < 4.78 is 22.8. The van der Waals surface area contributed by atoms with Crippen LogP contribution < -0.4 is 5.14 Å². The molecule has 9 heteroatoms. The zero-order valence-electron chi connectivity index (χ0n) is 10.0. The molecule has 0 amide bonds. The Hall–Kier alpha value is -1.38. The third-order valence-electron chi connectivity index (χ3n) is 2.35. The fourth-order valence-electron chi connectivity index (χ4n) is 1.40. The molecule has 1 rings (SSSR count). The molecule has 0 saturated heterocycles. The van der Waals surface area contributed by atoms with Gasteiger partial charge in [0.05, 0.1) is 5.56 Å². The molecular weight excluding hydrogens is 294 g/mol. The molecule has 7 nitrogen and oxygen atoms in total. The Morgan fingerprint density at radius 1 is 1.37 bits per heavy atom. The molecule has 0 saturated carbocycles. The van der Waals surface area contributed by atoms with Gasteiger partial charge in [-0.25, -0.2) is 23.5 Å². The summed E-state index contributed by atoms with van der Waals surface area (Å²) >= 11 is 5.47. The highest BCUT2D eigenvalue weighted by Crippen LogP contribution is 2.13. The van der Waals surface area contributed by atoms with Gasteiger partial charge < -0.3 is 4.79 Å². The van der Waals surface area contributed by atoms with Gasteiger partial charge in [0.1, 0.15) is 11.0 Å². The van der Waals surface area contributed by atoms with Crippen molar-refractivity contribution in [3.8, 4) is 0 Å². The van der Waals surface area contributed by atoms with Crippen molar-refractivity contribution in [1.29, 1.82) is 0 Å². The first-order chi connectivity index (χ1) is 8.71. The molecule has 2 N–H and O–H groups in total. The SMILES string of the molecule is CC(=O)CCC(C(=O)c1cnc(Cl)nc1)S(N)(=O)=O. The van der Waals surface area contributed by atoms with Crippen LogP contribution in [0.3, 0.4) is 0 Å². The van der Waals surface area contributed by atoms with Crippen LogP contribution in [-0.2, 0) is 14.8 Å². The first-order valence-electron chi connectivity index (χ1n) is 5.24. The highest BCUT2D eigenvalue weighted by Gasteiger charge is 2.30. The van der Waals surface area contributed by atoms with Gasteiger partial charge in [0, 0.05) is 18.8 Å². The highest BCUT2D eigenvalue weighted by atomic mass is 35.5. The van der Waals surface area contributed by atoms with E-state index in [0.29, 0.717) is 0 Å². The van der Waals surface area contributed by atoms with E-state index >= 15 is 0 Å². The van der Waals surface area contributed by atoms with Gasteiger partial charge in [-0.15, -0.1) is 0 Å². The number of rotatable bonds is 6. The summed E-state index contributed by atoms with van der Waals surface area (Å²) in [5.74, 6) is -0.978. The van der Waals surface area contributed by atoms with Crippen LogP contribution in [0.1, 0.15) is 30.1 Å². The summed E-state index contributed by atoms with van der Waals surface area (Å²) in [7, 11) is -4.11. The lowest BCUT2D eigenvalue weighted by molar-refractivity contribution is -0.117. The number of sulfonamides is 1. The molecule has 0 aliphatic heterocycles. The standard InChI is InChI=1S/C10H12ClN3O4S/c1-6(15)2-3-8(19(12,17)18)9(16)7-4-13-10(11)14-5-7/h4-5,8H,2-3H2,1H3,(H2,12,17,18). The fourth-order valence-corrected chi connectivity index (χ4v) is 2.38.